The number of anilines is 2. The number of thiol groups is 1. The van der Waals surface area contributed by atoms with Crippen molar-refractivity contribution in [1.82, 2.24) is 5.32 Å². The molecule has 0 radical (unpaired) electrons. The fraction of sp³-hybridized carbons (Fsp3) is 0.286. The lowest BCUT2D eigenvalue weighted by molar-refractivity contribution is -0.117. The number of hydrogen-bond donors (Lipinski definition) is 2. The number of cyclic esters (lactones) is 1. The third-order valence-corrected chi connectivity index (χ3v) is 5.45. The van der Waals surface area contributed by atoms with Gasteiger partial charge in [-0.05, 0) is 42.8 Å². The Labute approximate surface area is 174 Å². The van der Waals surface area contributed by atoms with E-state index in [9.17, 15) is 14.4 Å². The topological polar surface area (TPSA) is 79.0 Å². The summed E-state index contributed by atoms with van der Waals surface area (Å²) in [4.78, 5) is 40.3. The van der Waals surface area contributed by atoms with Gasteiger partial charge in [0, 0.05) is 29.2 Å². The van der Waals surface area contributed by atoms with E-state index in [0.717, 1.165) is 18.7 Å². The molecule has 2 heterocycles. The third kappa shape index (κ3) is 4.07. The average molecular weight is 411 g/mol. The lowest BCUT2D eigenvalue weighted by atomic mass is 10.2. The highest BCUT2D eigenvalue weighted by molar-refractivity contribution is 7.80. The highest BCUT2D eigenvalue weighted by Crippen LogP contribution is 2.27. The van der Waals surface area contributed by atoms with E-state index in [-0.39, 0.29) is 18.4 Å². The van der Waals surface area contributed by atoms with Crippen molar-refractivity contribution in [1.29, 1.82) is 0 Å². The van der Waals surface area contributed by atoms with E-state index in [0.29, 0.717) is 29.1 Å². The van der Waals surface area contributed by atoms with Crippen LogP contribution in [0.25, 0.3) is 0 Å². The Hall–Kier alpha value is -3.00. The summed E-state index contributed by atoms with van der Waals surface area (Å²) in [5.74, 6) is -0.137. The number of carbonyl (C=O) groups excluding carboxylic acids is 3. The van der Waals surface area contributed by atoms with Crippen LogP contribution in [-0.4, -0.2) is 43.6 Å². The maximum absolute atomic E-state index is 12.3. The average Bonchev–Trinajstić information content (AvgIpc) is 3.32. The monoisotopic (exact) mass is 411 g/mol. The van der Waals surface area contributed by atoms with Crippen LogP contribution in [0.5, 0.6) is 0 Å². The molecule has 2 saturated heterocycles. The molecule has 2 aromatic rings. The van der Waals surface area contributed by atoms with Crippen LogP contribution in [0.3, 0.4) is 0 Å². The van der Waals surface area contributed by atoms with E-state index in [1.54, 1.807) is 41.3 Å². The molecule has 7 nitrogen and oxygen atoms in total. The van der Waals surface area contributed by atoms with Gasteiger partial charge < -0.3 is 15.0 Å². The molecule has 2 aliphatic heterocycles. The largest absolute Gasteiger partial charge is 0.442 e. The Morgan fingerprint density at radius 1 is 1.07 bits per heavy atom. The maximum atomic E-state index is 12.3. The minimum Gasteiger partial charge on any atom is -0.442 e. The summed E-state index contributed by atoms with van der Waals surface area (Å²) in [6.45, 7) is 1.27. The first kappa shape index (κ1) is 19.3. The highest BCUT2D eigenvalue weighted by atomic mass is 32.1. The smallest absolute Gasteiger partial charge is 0.414 e. The summed E-state index contributed by atoms with van der Waals surface area (Å²) in [7, 11) is 0. The molecule has 4 rings (SSSR count). The molecule has 2 aromatic carbocycles. The van der Waals surface area contributed by atoms with Crippen LogP contribution in [0.4, 0.5) is 16.2 Å². The molecule has 0 aliphatic carbocycles. The van der Waals surface area contributed by atoms with Crippen molar-refractivity contribution in [3.63, 3.8) is 0 Å². The summed E-state index contributed by atoms with van der Waals surface area (Å²) in [5.41, 5.74) is 2.00. The number of hydrogen-bond acceptors (Lipinski definition) is 5. The van der Waals surface area contributed by atoms with Gasteiger partial charge in [-0.15, -0.1) is 12.6 Å². The van der Waals surface area contributed by atoms with E-state index >= 15 is 0 Å². The molecule has 3 amide bonds. The molecule has 0 unspecified atom stereocenters. The number of amides is 3. The van der Waals surface area contributed by atoms with E-state index in [2.05, 4.69) is 17.9 Å². The second kappa shape index (κ2) is 8.16. The van der Waals surface area contributed by atoms with Crippen molar-refractivity contribution in [3.05, 3.63) is 54.1 Å². The van der Waals surface area contributed by atoms with Crippen molar-refractivity contribution < 1.29 is 19.1 Å². The molecule has 29 heavy (non-hydrogen) atoms. The number of ether oxygens (including phenoxy) is 1. The SMILES string of the molecule is O=C(NC[C@@H]1CN(c2ccc(N3CCCC3=O)cc2)C(=O)O1)c1ccccc1S. The highest BCUT2D eigenvalue weighted by Gasteiger charge is 2.33. The molecule has 0 saturated carbocycles. The van der Waals surface area contributed by atoms with Gasteiger partial charge in [-0.3, -0.25) is 14.5 Å². The summed E-state index contributed by atoms with van der Waals surface area (Å²) < 4.78 is 5.38. The van der Waals surface area contributed by atoms with Gasteiger partial charge in [0.15, 0.2) is 0 Å². The van der Waals surface area contributed by atoms with Gasteiger partial charge in [-0.2, -0.15) is 0 Å². The van der Waals surface area contributed by atoms with Crippen LogP contribution >= 0.6 is 12.6 Å². The van der Waals surface area contributed by atoms with Crippen molar-refractivity contribution in [3.8, 4) is 0 Å². The second-order valence-electron chi connectivity index (χ2n) is 7.01. The predicted molar refractivity (Wildman–Crippen MR) is 112 cm³/mol. The van der Waals surface area contributed by atoms with Crippen molar-refractivity contribution in [2.75, 3.05) is 29.4 Å². The summed E-state index contributed by atoms with van der Waals surface area (Å²) in [5, 5.41) is 2.79. The number of nitrogens with zero attached hydrogens (tertiary/aromatic N) is 2. The summed E-state index contributed by atoms with van der Waals surface area (Å²) >= 11 is 4.28. The molecule has 0 spiro atoms. The van der Waals surface area contributed by atoms with Crippen molar-refractivity contribution >= 4 is 41.9 Å². The van der Waals surface area contributed by atoms with Crippen molar-refractivity contribution in [2.45, 2.75) is 23.8 Å². The third-order valence-electron chi connectivity index (χ3n) is 5.06. The van der Waals surface area contributed by atoms with Gasteiger partial charge in [0.05, 0.1) is 18.7 Å². The quantitative estimate of drug-likeness (QED) is 0.742. The van der Waals surface area contributed by atoms with Crippen molar-refractivity contribution in [2.24, 2.45) is 0 Å². The predicted octanol–water partition coefficient (Wildman–Crippen LogP) is 2.86. The Morgan fingerprint density at radius 2 is 1.76 bits per heavy atom. The molecule has 150 valence electrons. The van der Waals surface area contributed by atoms with Gasteiger partial charge >= 0.3 is 6.09 Å². The standard InChI is InChI=1S/C21H21N3O4S/c25-19-6-3-11-23(19)14-7-9-15(10-8-14)24-13-16(28-21(24)27)12-22-20(26)17-4-1-2-5-18(17)29/h1-2,4-5,7-10,16,29H,3,6,11-13H2,(H,22,26)/t16-/m1/s1. The van der Waals surface area contributed by atoms with E-state index < -0.39 is 12.2 Å². The molecule has 2 aliphatic rings. The first-order chi connectivity index (χ1) is 14.0. The van der Waals surface area contributed by atoms with Crippen LogP contribution in [0.1, 0.15) is 23.2 Å². The fourth-order valence-corrected chi connectivity index (χ4v) is 3.80. The Kier molecular flexibility index (Phi) is 5.44. The molecule has 1 atom stereocenters. The van der Waals surface area contributed by atoms with Gasteiger partial charge in [0.1, 0.15) is 6.10 Å². The van der Waals surface area contributed by atoms with E-state index in [1.165, 1.54) is 4.90 Å². The van der Waals surface area contributed by atoms with Gasteiger partial charge in [0.2, 0.25) is 5.91 Å². The first-order valence-corrected chi connectivity index (χ1v) is 9.92. The Bertz CT molecular complexity index is 947. The zero-order valence-corrected chi connectivity index (χ0v) is 16.6. The zero-order chi connectivity index (χ0) is 20.4. The molecule has 8 heteroatoms. The lowest BCUT2D eigenvalue weighted by Crippen LogP contribution is -2.34. The molecule has 0 bridgehead atoms. The van der Waals surface area contributed by atoms with Gasteiger partial charge in [-0.1, -0.05) is 12.1 Å². The van der Waals surface area contributed by atoms with Crippen LogP contribution in [0.15, 0.2) is 53.4 Å². The minimum absolute atomic E-state index is 0.122. The summed E-state index contributed by atoms with van der Waals surface area (Å²) in [6.07, 6.45) is 0.539. The second-order valence-corrected chi connectivity index (χ2v) is 7.49. The maximum Gasteiger partial charge on any atom is 0.414 e. The van der Waals surface area contributed by atoms with Gasteiger partial charge in [-0.25, -0.2) is 4.79 Å². The van der Waals surface area contributed by atoms with E-state index in [1.807, 2.05) is 12.1 Å². The Morgan fingerprint density at radius 3 is 2.41 bits per heavy atom. The molecule has 1 N–H and O–H groups in total. The Balaban J connectivity index is 1.36. The van der Waals surface area contributed by atoms with Gasteiger partial charge in [0.25, 0.3) is 5.91 Å². The number of carbonyl (C=O) groups is 3. The molecular formula is C21H21N3O4S. The minimum atomic E-state index is -0.455. The van der Waals surface area contributed by atoms with E-state index in [4.69, 9.17) is 4.74 Å². The molecular weight excluding hydrogens is 390 g/mol. The number of benzene rings is 2. The van der Waals surface area contributed by atoms with Crippen LogP contribution in [0.2, 0.25) is 0 Å². The molecule has 0 aromatic heterocycles. The lowest BCUT2D eigenvalue weighted by Gasteiger charge is -2.18. The number of rotatable bonds is 5. The molecule has 2 fully saturated rings. The fourth-order valence-electron chi connectivity index (χ4n) is 3.54. The normalized spacial score (nSPS) is 18.9. The number of nitrogens with one attached hydrogen (secondary N) is 1. The van der Waals surface area contributed by atoms with Crippen LogP contribution in [0, 0.1) is 0 Å². The summed E-state index contributed by atoms with van der Waals surface area (Å²) in [6, 6.07) is 14.3. The zero-order valence-electron chi connectivity index (χ0n) is 15.7. The van der Waals surface area contributed by atoms with Crippen LogP contribution < -0.4 is 15.1 Å². The first-order valence-electron chi connectivity index (χ1n) is 9.48. The van der Waals surface area contributed by atoms with Crippen LogP contribution in [-0.2, 0) is 9.53 Å².